The molecular formula is C13H14FN3O2. The fourth-order valence-corrected chi connectivity index (χ4v) is 1.67. The van der Waals surface area contributed by atoms with Gasteiger partial charge in [0.1, 0.15) is 5.82 Å². The number of hydrogen-bond acceptors (Lipinski definition) is 4. The van der Waals surface area contributed by atoms with Crippen molar-refractivity contribution in [3.63, 3.8) is 0 Å². The van der Waals surface area contributed by atoms with Crippen LogP contribution in [0.2, 0.25) is 0 Å². The second-order valence-corrected chi connectivity index (χ2v) is 3.85. The first-order valence-corrected chi connectivity index (χ1v) is 5.92. The lowest BCUT2D eigenvalue weighted by molar-refractivity contribution is 0.0947. The van der Waals surface area contributed by atoms with Crippen molar-refractivity contribution in [1.29, 1.82) is 0 Å². The van der Waals surface area contributed by atoms with Crippen molar-refractivity contribution in [2.75, 3.05) is 11.9 Å². The Balaban J connectivity index is 2.12. The molecule has 0 unspecified atom stereocenters. The van der Waals surface area contributed by atoms with Crippen molar-refractivity contribution in [2.24, 2.45) is 0 Å². The van der Waals surface area contributed by atoms with E-state index in [-0.39, 0.29) is 23.7 Å². The van der Waals surface area contributed by atoms with Gasteiger partial charge in [-0.25, -0.2) is 4.39 Å². The van der Waals surface area contributed by atoms with E-state index in [9.17, 15) is 9.18 Å². The molecule has 19 heavy (non-hydrogen) atoms. The molecule has 6 heteroatoms. The molecule has 0 aliphatic rings. The van der Waals surface area contributed by atoms with Crippen molar-refractivity contribution in [3.05, 3.63) is 47.6 Å². The maximum Gasteiger partial charge on any atom is 0.253 e. The second kappa shape index (κ2) is 5.99. The van der Waals surface area contributed by atoms with E-state index >= 15 is 0 Å². The molecule has 2 N–H and O–H groups in total. The molecule has 0 bridgehead atoms. The quantitative estimate of drug-likeness (QED) is 0.867. The number of anilines is 1. The Kier molecular flexibility index (Phi) is 4.12. The van der Waals surface area contributed by atoms with E-state index in [1.165, 1.54) is 18.3 Å². The van der Waals surface area contributed by atoms with E-state index in [0.29, 0.717) is 12.3 Å². The van der Waals surface area contributed by atoms with Gasteiger partial charge in [-0.3, -0.25) is 4.79 Å². The van der Waals surface area contributed by atoms with Crippen molar-refractivity contribution in [1.82, 2.24) is 10.5 Å². The third-order valence-corrected chi connectivity index (χ3v) is 2.53. The van der Waals surface area contributed by atoms with Gasteiger partial charge in [-0.15, -0.1) is 0 Å². The first-order valence-electron chi connectivity index (χ1n) is 5.92. The molecule has 1 aromatic carbocycles. The summed E-state index contributed by atoms with van der Waals surface area (Å²) in [5.74, 6) is -0.282. The molecule has 2 rings (SSSR count). The van der Waals surface area contributed by atoms with E-state index in [1.54, 1.807) is 12.1 Å². The van der Waals surface area contributed by atoms with Gasteiger partial charge in [0, 0.05) is 12.6 Å². The highest BCUT2D eigenvalue weighted by atomic mass is 19.1. The van der Waals surface area contributed by atoms with Gasteiger partial charge in [0.05, 0.1) is 24.0 Å². The van der Waals surface area contributed by atoms with Crippen LogP contribution < -0.4 is 10.6 Å². The molecule has 1 aromatic heterocycles. The zero-order valence-corrected chi connectivity index (χ0v) is 10.4. The number of para-hydroxylation sites is 1. The SMILES string of the molecule is CCNc1c(F)cccc1C(=O)NCc1ccno1. The van der Waals surface area contributed by atoms with Crippen molar-refractivity contribution >= 4 is 11.6 Å². The van der Waals surface area contributed by atoms with Crippen molar-refractivity contribution in [3.8, 4) is 0 Å². The summed E-state index contributed by atoms with van der Waals surface area (Å²) in [7, 11) is 0. The average molecular weight is 263 g/mol. The predicted octanol–water partition coefficient (Wildman–Crippen LogP) is 2.18. The second-order valence-electron chi connectivity index (χ2n) is 3.85. The maximum absolute atomic E-state index is 13.6. The molecule has 0 aliphatic carbocycles. The number of aromatic nitrogens is 1. The Morgan fingerprint density at radius 1 is 1.42 bits per heavy atom. The Hall–Kier alpha value is -2.37. The Morgan fingerprint density at radius 2 is 2.26 bits per heavy atom. The molecule has 2 aromatic rings. The fourth-order valence-electron chi connectivity index (χ4n) is 1.67. The smallest absolute Gasteiger partial charge is 0.253 e. The molecule has 1 heterocycles. The molecule has 100 valence electrons. The number of nitrogens with zero attached hydrogens (tertiary/aromatic N) is 1. The topological polar surface area (TPSA) is 67.2 Å². The van der Waals surface area contributed by atoms with Gasteiger partial charge in [0.2, 0.25) is 0 Å². The molecule has 0 radical (unpaired) electrons. The zero-order chi connectivity index (χ0) is 13.7. The number of nitrogens with one attached hydrogen (secondary N) is 2. The maximum atomic E-state index is 13.6. The van der Waals surface area contributed by atoms with Crippen LogP contribution in [-0.4, -0.2) is 17.6 Å². The molecule has 0 fully saturated rings. The zero-order valence-electron chi connectivity index (χ0n) is 10.4. The molecular weight excluding hydrogens is 249 g/mol. The fraction of sp³-hybridized carbons (Fsp3) is 0.231. The van der Waals surface area contributed by atoms with Crippen LogP contribution in [0, 0.1) is 5.82 Å². The van der Waals surface area contributed by atoms with Crippen LogP contribution in [0.3, 0.4) is 0 Å². The monoisotopic (exact) mass is 263 g/mol. The molecule has 5 nitrogen and oxygen atoms in total. The van der Waals surface area contributed by atoms with Crippen molar-refractivity contribution in [2.45, 2.75) is 13.5 Å². The van der Waals surface area contributed by atoms with E-state index in [0.717, 1.165) is 0 Å². The van der Waals surface area contributed by atoms with Gasteiger partial charge < -0.3 is 15.2 Å². The van der Waals surface area contributed by atoms with Gasteiger partial charge in [-0.2, -0.15) is 0 Å². The summed E-state index contributed by atoms with van der Waals surface area (Å²) >= 11 is 0. The number of amides is 1. The highest BCUT2D eigenvalue weighted by molar-refractivity contribution is 5.99. The van der Waals surface area contributed by atoms with Crippen LogP contribution in [-0.2, 0) is 6.54 Å². The lowest BCUT2D eigenvalue weighted by Crippen LogP contribution is -2.24. The molecule has 1 amide bonds. The van der Waals surface area contributed by atoms with Crippen LogP contribution >= 0.6 is 0 Å². The van der Waals surface area contributed by atoms with Crippen molar-refractivity contribution < 1.29 is 13.7 Å². The Morgan fingerprint density at radius 3 is 2.95 bits per heavy atom. The Bertz CT molecular complexity index is 555. The number of halogens is 1. The normalized spacial score (nSPS) is 10.2. The van der Waals surface area contributed by atoms with Gasteiger partial charge in [-0.05, 0) is 19.1 Å². The van der Waals surface area contributed by atoms with Crippen LogP contribution in [0.1, 0.15) is 23.0 Å². The first-order chi connectivity index (χ1) is 9.22. The summed E-state index contributed by atoms with van der Waals surface area (Å²) in [6, 6.07) is 6.03. The van der Waals surface area contributed by atoms with E-state index in [2.05, 4.69) is 15.8 Å². The largest absolute Gasteiger partial charge is 0.382 e. The first kappa shape index (κ1) is 13.1. The van der Waals surface area contributed by atoms with Gasteiger partial charge in [-0.1, -0.05) is 11.2 Å². The van der Waals surface area contributed by atoms with Crippen LogP contribution in [0.4, 0.5) is 10.1 Å². The van der Waals surface area contributed by atoms with E-state index < -0.39 is 5.82 Å². The van der Waals surface area contributed by atoms with Gasteiger partial charge in [0.25, 0.3) is 5.91 Å². The minimum Gasteiger partial charge on any atom is -0.382 e. The summed E-state index contributed by atoms with van der Waals surface area (Å²) in [5, 5.41) is 9.03. The van der Waals surface area contributed by atoms with Crippen LogP contribution in [0.5, 0.6) is 0 Å². The van der Waals surface area contributed by atoms with Crippen LogP contribution in [0.25, 0.3) is 0 Å². The average Bonchev–Trinajstić information content (AvgIpc) is 2.92. The molecule has 0 spiro atoms. The molecule has 0 saturated heterocycles. The minimum absolute atomic E-state index is 0.208. The molecule has 0 atom stereocenters. The lowest BCUT2D eigenvalue weighted by atomic mass is 10.1. The van der Waals surface area contributed by atoms with E-state index in [4.69, 9.17) is 4.52 Å². The Labute approximate surface area is 109 Å². The van der Waals surface area contributed by atoms with Gasteiger partial charge >= 0.3 is 0 Å². The number of hydrogen-bond donors (Lipinski definition) is 2. The predicted molar refractivity (Wildman–Crippen MR) is 68.2 cm³/mol. The standard InChI is InChI=1S/C13H14FN3O2/c1-2-15-12-10(4-3-5-11(12)14)13(18)16-8-9-6-7-17-19-9/h3-7,15H,2,8H2,1H3,(H,16,18). The summed E-state index contributed by atoms with van der Waals surface area (Å²) < 4.78 is 18.5. The lowest BCUT2D eigenvalue weighted by Gasteiger charge is -2.11. The van der Waals surface area contributed by atoms with Gasteiger partial charge in [0.15, 0.2) is 5.76 Å². The minimum atomic E-state index is -0.450. The van der Waals surface area contributed by atoms with E-state index in [1.807, 2.05) is 6.92 Å². The number of carbonyl (C=O) groups is 1. The number of rotatable bonds is 5. The summed E-state index contributed by atoms with van der Waals surface area (Å²) in [6.07, 6.45) is 1.49. The highest BCUT2D eigenvalue weighted by Crippen LogP contribution is 2.19. The highest BCUT2D eigenvalue weighted by Gasteiger charge is 2.14. The summed E-state index contributed by atoms with van der Waals surface area (Å²) in [5.41, 5.74) is 0.474. The number of carbonyl (C=O) groups excluding carboxylic acids is 1. The summed E-state index contributed by atoms with van der Waals surface area (Å²) in [4.78, 5) is 12.0. The summed E-state index contributed by atoms with van der Waals surface area (Å²) in [6.45, 7) is 2.58. The third-order valence-electron chi connectivity index (χ3n) is 2.53. The molecule has 0 saturated carbocycles. The van der Waals surface area contributed by atoms with Crippen LogP contribution in [0.15, 0.2) is 35.0 Å². The third kappa shape index (κ3) is 3.09. The number of benzene rings is 1. The molecule has 0 aliphatic heterocycles.